The molecule has 1 rings (SSSR count). The number of hydrogen-bond acceptors (Lipinski definition) is 3. The highest BCUT2D eigenvalue weighted by Crippen LogP contribution is 2.34. The molecule has 0 aromatic heterocycles. The molecule has 0 aliphatic heterocycles. The highest BCUT2D eigenvalue weighted by molar-refractivity contribution is 5.72. The maximum absolute atomic E-state index is 11.3. The summed E-state index contributed by atoms with van der Waals surface area (Å²) in [6.45, 7) is 4.13. The lowest BCUT2D eigenvalue weighted by Gasteiger charge is -2.35. The second-order valence-corrected chi connectivity index (χ2v) is 4.89. The van der Waals surface area contributed by atoms with Crippen LogP contribution in [-0.4, -0.2) is 18.6 Å². The Hall–Kier alpha value is -0.570. The van der Waals surface area contributed by atoms with E-state index in [1.54, 1.807) is 0 Å². The SMILES string of the molecule is COC(=O)C1CCC(C(C)(C)N)CC1. The molecule has 0 bridgehead atoms. The largest absolute Gasteiger partial charge is 0.469 e. The highest BCUT2D eigenvalue weighted by atomic mass is 16.5. The Morgan fingerprint density at radius 1 is 1.29 bits per heavy atom. The summed E-state index contributed by atoms with van der Waals surface area (Å²) in [5.74, 6) is 0.597. The van der Waals surface area contributed by atoms with Crippen LogP contribution in [0.1, 0.15) is 39.5 Å². The van der Waals surface area contributed by atoms with Crippen molar-refractivity contribution in [2.45, 2.75) is 45.1 Å². The molecule has 1 aliphatic carbocycles. The van der Waals surface area contributed by atoms with Crippen LogP contribution < -0.4 is 5.73 Å². The molecule has 1 aliphatic rings. The van der Waals surface area contributed by atoms with Gasteiger partial charge in [0.05, 0.1) is 13.0 Å². The maximum Gasteiger partial charge on any atom is 0.308 e. The molecule has 82 valence electrons. The summed E-state index contributed by atoms with van der Waals surface area (Å²) >= 11 is 0. The second-order valence-electron chi connectivity index (χ2n) is 4.89. The van der Waals surface area contributed by atoms with Gasteiger partial charge in [0.2, 0.25) is 0 Å². The number of carbonyl (C=O) groups excluding carboxylic acids is 1. The molecular formula is C11H21NO2. The Morgan fingerprint density at radius 2 is 1.79 bits per heavy atom. The van der Waals surface area contributed by atoms with Gasteiger partial charge < -0.3 is 10.5 Å². The molecule has 1 fully saturated rings. The molecule has 0 aromatic rings. The lowest BCUT2D eigenvalue weighted by molar-refractivity contribution is -0.147. The van der Waals surface area contributed by atoms with Crippen molar-refractivity contribution in [1.82, 2.24) is 0 Å². The number of esters is 1. The smallest absolute Gasteiger partial charge is 0.308 e. The molecule has 0 aromatic carbocycles. The Morgan fingerprint density at radius 3 is 2.14 bits per heavy atom. The van der Waals surface area contributed by atoms with E-state index in [1.807, 2.05) is 0 Å². The lowest BCUT2D eigenvalue weighted by Crippen LogP contribution is -2.43. The van der Waals surface area contributed by atoms with Gasteiger partial charge in [-0.05, 0) is 45.4 Å². The van der Waals surface area contributed by atoms with Crippen molar-refractivity contribution in [3.8, 4) is 0 Å². The van der Waals surface area contributed by atoms with Gasteiger partial charge in [-0.2, -0.15) is 0 Å². The number of ether oxygens (including phenoxy) is 1. The summed E-state index contributed by atoms with van der Waals surface area (Å²) in [7, 11) is 1.46. The van der Waals surface area contributed by atoms with Crippen molar-refractivity contribution in [2.75, 3.05) is 7.11 Å². The zero-order valence-corrected chi connectivity index (χ0v) is 9.38. The fourth-order valence-corrected chi connectivity index (χ4v) is 2.24. The number of nitrogens with two attached hydrogens (primary N) is 1. The number of methoxy groups -OCH3 is 1. The molecular weight excluding hydrogens is 178 g/mol. The van der Waals surface area contributed by atoms with E-state index in [4.69, 9.17) is 10.5 Å². The monoisotopic (exact) mass is 199 g/mol. The number of rotatable bonds is 2. The van der Waals surface area contributed by atoms with E-state index in [2.05, 4.69) is 13.8 Å². The number of carbonyl (C=O) groups is 1. The zero-order chi connectivity index (χ0) is 10.8. The molecule has 14 heavy (non-hydrogen) atoms. The van der Waals surface area contributed by atoms with Gasteiger partial charge in [0, 0.05) is 5.54 Å². The summed E-state index contributed by atoms with van der Waals surface area (Å²) in [5, 5.41) is 0. The molecule has 1 saturated carbocycles. The minimum atomic E-state index is -0.110. The Bertz CT molecular complexity index is 200. The third-order valence-electron chi connectivity index (χ3n) is 3.31. The van der Waals surface area contributed by atoms with Crippen molar-refractivity contribution in [3.05, 3.63) is 0 Å². The normalized spacial score (nSPS) is 28.6. The van der Waals surface area contributed by atoms with Gasteiger partial charge in [0.1, 0.15) is 0 Å². The molecule has 3 nitrogen and oxygen atoms in total. The molecule has 2 N–H and O–H groups in total. The quantitative estimate of drug-likeness (QED) is 0.689. The minimum absolute atomic E-state index is 0.0572. The van der Waals surface area contributed by atoms with Crippen LogP contribution in [0.5, 0.6) is 0 Å². The summed E-state index contributed by atoms with van der Waals surface area (Å²) < 4.78 is 4.74. The van der Waals surface area contributed by atoms with Gasteiger partial charge in [0.25, 0.3) is 0 Å². The van der Waals surface area contributed by atoms with Crippen LogP contribution in [0.3, 0.4) is 0 Å². The molecule has 0 unspecified atom stereocenters. The Balaban J connectivity index is 2.43. The van der Waals surface area contributed by atoms with Gasteiger partial charge in [0.15, 0.2) is 0 Å². The molecule has 3 heteroatoms. The summed E-state index contributed by atoms with van der Waals surface area (Å²) in [4.78, 5) is 11.3. The first-order chi connectivity index (χ1) is 6.45. The van der Waals surface area contributed by atoms with Crippen molar-refractivity contribution >= 4 is 5.97 Å². The van der Waals surface area contributed by atoms with Crippen LogP contribution in [0.4, 0.5) is 0 Å². The lowest BCUT2D eigenvalue weighted by atomic mass is 9.74. The van der Waals surface area contributed by atoms with Crippen molar-refractivity contribution in [2.24, 2.45) is 17.6 Å². The number of hydrogen-bond donors (Lipinski definition) is 1. The fraction of sp³-hybridized carbons (Fsp3) is 0.909. The average molecular weight is 199 g/mol. The van der Waals surface area contributed by atoms with E-state index < -0.39 is 0 Å². The van der Waals surface area contributed by atoms with Crippen LogP contribution in [0, 0.1) is 11.8 Å². The van der Waals surface area contributed by atoms with Crippen molar-refractivity contribution < 1.29 is 9.53 Å². The summed E-state index contributed by atoms with van der Waals surface area (Å²) in [5.41, 5.74) is 5.94. The molecule has 0 saturated heterocycles. The van der Waals surface area contributed by atoms with Crippen molar-refractivity contribution in [1.29, 1.82) is 0 Å². The first-order valence-electron chi connectivity index (χ1n) is 5.32. The summed E-state index contributed by atoms with van der Waals surface area (Å²) in [6.07, 6.45) is 3.95. The van der Waals surface area contributed by atoms with Gasteiger partial charge in [-0.3, -0.25) is 4.79 Å². The molecule has 0 heterocycles. The van der Waals surface area contributed by atoms with E-state index in [0.29, 0.717) is 5.92 Å². The van der Waals surface area contributed by atoms with Crippen LogP contribution in [-0.2, 0) is 9.53 Å². The predicted molar refractivity (Wildman–Crippen MR) is 55.7 cm³/mol. The highest BCUT2D eigenvalue weighted by Gasteiger charge is 2.32. The first kappa shape index (κ1) is 11.5. The second kappa shape index (κ2) is 4.30. The fourth-order valence-electron chi connectivity index (χ4n) is 2.24. The minimum Gasteiger partial charge on any atom is -0.469 e. The van der Waals surface area contributed by atoms with Crippen LogP contribution >= 0.6 is 0 Å². The van der Waals surface area contributed by atoms with E-state index in [-0.39, 0.29) is 17.4 Å². The molecule has 0 atom stereocenters. The van der Waals surface area contributed by atoms with Crippen LogP contribution in [0.25, 0.3) is 0 Å². The van der Waals surface area contributed by atoms with Gasteiger partial charge >= 0.3 is 5.97 Å². The van der Waals surface area contributed by atoms with Gasteiger partial charge in [-0.1, -0.05) is 0 Å². The zero-order valence-electron chi connectivity index (χ0n) is 9.38. The van der Waals surface area contributed by atoms with E-state index in [0.717, 1.165) is 25.7 Å². The third-order valence-corrected chi connectivity index (χ3v) is 3.31. The van der Waals surface area contributed by atoms with Crippen molar-refractivity contribution in [3.63, 3.8) is 0 Å². The van der Waals surface area contributed by atoms with Gasteiger partial charge in [-0.25, -0.2) is 0 Å². The average Bonchev–Trinajstić information content (AvgIpc) is 2.15. The maximum atomic E-state index is 11.3. The van der Waals surface area contributed by atoms with E-state index in [1.165, 1.54) is 7.11 Å². The topological polar surface area (TPSA) is 52.3 Å². The standard InChI is InChI=1S/C11H21NO2/c1-11(2,12)9-6-4-8(5-7-9)10(13)14-3/h8-9H,4-7,12H2,1-3H3. The molecule has 0 spiro atoms. The Kier molecular flexibility index (Phi) is 3.53. The van der Waals surface area contributed by atoms with E-state index >= 15 is 0 Å². The van der Waals surface area contributed by atoms with E-state index in [9.17, 15) is 4.79 Å². The molecule has 0 amide bonds. The first-order valence-corrected chi connectivity index (χ1v) is 5.32. The van der Waals surface area contributed by atoms with Crippen LogP contribution in [0.2, 0.25) is 0 Å². The predicted octanol–water partition coefficient (Wildman–Crippen LogP) is 1.70. The van der Waals surface area contributed by atoms with Crippen LogP contribution in [0.15, 0.2) is 0 Å². The Labute approximate surface area is 86.0 Å². The van der Waals surface area contributed by atoms with Gasteiger partial charge in [-0.15, -0.1) is 0 Å². The molecule has 0 radical (unpaired) electrons. The summed E-state index contributed by atoms with van der Waals surface area (Å²) in [6, 6.07) is 0. The third kappa shape index (κ3) is 2.71.